The van der Waals surface area contributed by atoms with Crippen LogP contribution in [-0.4, -0.2) is 55.9 Å². The third-order valence-corrected chi connectivity index (χ3v) is 7.89. The molecule has 1 aliphatic rings. The molecule has 0 bridgehead atoms. The van der Waals surface area contributed by atoms with Crippen LogP contribution in [0, 0.1) is 12.3 Å². The number of rotatable bonds is 11. The van der Waals surface area contributed by atoms with Crippen molar-refractivity contribution in [2.75, 3.05) is 40.5 Å². The number of ether oxygens (including phenoxy) is 4. The molecule has 0 saturated carbocycles. The summed E-state index contributed by atoms with van der Waals surface area (Å²) in [6.45, 7) is 9.10. The topological polar surface area (TPSA) is 91.6 Å². The van der Waals surface area contributed by atoms with Gasteiger partial charge in [-0.2, -0.15) is 0 Å². The van der Waals surface area contributed by atoms with Gasteiger partial charge < -0.3 is 23.8 Å². The van der Waals surface area contributed by atoms with Crippen LogP contribution in [0.5, 0.6) is 23.0 Å². The first-order valence-electron chi connectivity index (χ1n) is 13.7. The molecule has 0 aliphatic carbocycles. The summed E-state index contributed by atoms with van der Waals surface area (Å²) in [6.07, 6.45) is 7.13. The summed E-state index contributed by atoms with van der Waals surface area (Å²) in [5.74, 6) is 4.41. The molecule has 9 nitrogen and oxygen atoms in total. The lowest BCUT2D eigenvalue weighted by Gasteiger charge is -2.30. The van der Waals surface area contributed by atoms with E-state index in [1.165, 1.54) is 11.3 Å². The van der Waals surface area contributed by atoms with Crippen molar-refractivity contribution >= 4 is 23.3 Å². The standard InChI is InChI=1S/C32H35N3O6S/c1-8-16-41-25-14-12-21(17-26(25)40-11-4)18-27-30(36)35-29(23-19-22(38-6)13-15-24(23)39-7)28(20(5)33-32(35)42-27)31(37)34(9-2)10-3/h1,12-15,17-19,29H,9-11,16H2,2-7H3/b27-18+/t29-/m1/s1. The molecule has 1 aromatic heterocycles. The van der Waals surface area contributed by atoms with Gasteiger partial charge in [-0.3, -0.25) is 14.2 Å². The van der Waals surface area contributed by atoms with E-state index in [4.69, 9.17) is 30.4 Å². The quantitative estimate of drug-likeness (QED) is 0.318. The molecule has 0 saturated heterocycles. The lowest BCUT2D eigenvalue weighted by atomic mass is 9.93. The van der Waals surface area contributed by atoms with Crippen molar-refractivity contribution < 1.29 is 23.7 Å². The molecular formula is C32H35N3O6S. The number of nitrogens with zero attached hydrogens (tertiary/aromatic N) is 3. The Morgan fingerprint density at radius 2 is 1.81 bits per heavy atom. The average molecular weight is 590 g/mol. The van der Waals surface area contributed by atoms with Crippen LogP contribution < -0.4 is 33.8 Å². The van der Waals surface area contributed by atoms with Crippen molar-refractivity contribution in [1.82, 2.24) is 9.47 Å². The lowest BCUT2D eigenvalue weighted by Crippen LogP contribution is -2.43. The predicted molar refractivity (Wildman–Crippen MR) is 163 cm³/mol. The molecule has 4 rings (SSSR count). The second kappa shape index (κ2) is 13.4. The van der Waals surface area contributed by atoms with Gasteiger partial charge >= 0.3 is 0 Å². The Balaban J connectivity index is 1.96. The number of fused-ring (bicyclic) bond motifs is 1. The number of aromatic nitrogens is 1. The highest BCUT2D eigenvalue weighted by Crippen LogP contribution is 2.38. The zero-order valence-corrected chi connectivity index (χ0v) is 25.5. The maximum Gasteiger partial charge on any atom is 0.271 e. The van der Waals surface area contributed by atoms with E-state index >= 15 is 0 Å². The number of terminal acetylenes is 1. The predicted octanol–water partition coefficient (Wildman–Crippen LogP) is 3.53. The molecule has 10 heteroatoms. The minimum atomic E-state index is -0.778. The van der Waals surface area contributed by atoms with Crippen LogP contribution in [0.3, 0.4) is 0 Å². The molecule has 1 amide bonds. The highest BCUT2D eigenvalue weighted by atomic mass is 32.1. The molecule has 3 aromatic rings. The summed E-state index contributed by atoms with van der Waals surface area (Å²) >= 11 is 1.25. The second-order valence-electron chi connectivity index (χ2n) is 9.30. The second-order valence-corrected chi connectivity index (χ2v) is 10.3. The first-order chi connectivity index (χ1) is 20.3. The molecule has 2 aromatic carbocycles. The summed E-state index contributed by atoms with van der Waals surface area (Å²) in [6, 6.07) is 9.98. The number of benzene rings is 2. The number of methoxy groups -OCH3 is 2. The van der Waals surface area contributed by atoms with Gasteiger partial charge in [-0.1, -0.05) is 23.3 Å². The van der Waals surface area contributed by atoms with E-state index in [-0.39, 0.29) is 18.1 Å². The van der Waals surface area contributed by atoms with Crippen LogP contribution in [0.15, 0.2) is 57.5 Å². The van der Waals surface area contributed by atoms with Gasteiger partial charge in [0.15, 0.2) is 16.3 Å². The Morgan fingerprint density at radius 1 is 1.07 bits per heavy atom. The summed E-state index contributed by atoms with van der Waals surface area (Å²) in [4.78, 5) is 35.0. The van der Waals surface area contributed by atoms with Gasteiger partial charge in [-0.05, 0) is 69.7 Å². The normalized spacial score (nSPS) is 14.5. The zero-order valence-electron chi connectivity index (χ0n) is 24.7. The largest absolute Gasteiger partial charge is 0.497 e. The highest BCUT2D eigenvalue weighted by molar-refractivity contribution is 7.07. The molecule has 0 radical (unpaired) electrons. The fourth-order valence-corrected chi connectivity index (χ4v) is 5.94. The summed E-state index contributed by atoms with van der Waals surface area (Å²) in [5.41, 5.74) is 2.04. The molecule has 0 N–H and O–H groups in total. The minimum Gasteiger partial charge on any atom is -0.497 e. The third kappa shape index (κ3) is 5.92. The lowest BCUT2D eigenvalue weighted by molar-refractivity contribution is -0.127. The number of carbonyl (C=O) groups excluding carboxylic acids is 1. The van der Waals surface area contributed by atoms with E-state index in [0.717, 1.165) is 5.56 Å². The van der Waals surface area contributed by atoms with E-state index in [0.29, 0.717) is 68.9 Å². The Hall–Kier alpha value is -4.49. The molecule has 1 aliphatic heterocycles. The summed E-state index contributed by atoms with van der Waals surface area (Å²) in [5, 5.41) is 0. The summed E-state index contributed by atoms with van der Waals surface area (Å²) < 4.78 is 24.6. The number of carbonyl (C=O) groups is 1. The van der Waals surface area contributed by atoms with Gasteiger partial charge in [-0.15, -0.1) is 6.42 Å². The molecule has 1 atom stereocenters. The van der Waals surface area contributed by atoms with E-state index in [1.54, 1.807) is 67.0 Å². The smallest absolute Gasteiger partial charge is 0.271 e. The fraction of sp³-hybridized carbons (Fsp3) is 0.344. The maximum atomic E-state index is 14.1. The number of thiazole rings is 1. The van der Waals surface area contributed by atoms with Crippen molar-refractivity contribution in [2.24, 2.45) is 4.99 Å². The molecule has 0 spiro atoms. The number of amides is 1. The van der Waals surface area contributed by atoms with Crippen LogP contribution in [0.25, 0.3) is 6.08 Å². The van der Waals surface area contributed by atoms with Gasteiger partial charge in [-0.25, -0.2) is 4.99 Å². The molecule has 42 heavy (non-hydrogen) atoms. The van der Waals surface area contributed by atoms with Gasteiger partial charge in [0.1, 0.15) is 24.1 Å². The molecule has 0 fully saturated rings. The molecular weight excluding hydrogens is 554 g/mol. The number of likely N-dealkylation sites (N-methyl/N-ethyl adjacent to an activating group) is 1. The van der Waals surface area contributed by atoms with Crippen LogP contribution in [0.2, 0.25) is 0 Å². The molecule has 2 heterocycles. The minimum absolute atomic E-state index is 0.111. The van der Waals surface area contributed by atoms with E-state index in [9.17, 15) is 9.59 Å². The van der Waals surface area contributed by atoms with Crippen molar-refractivity contribution in [2.45, 2.75) is 33.7 Å². The van der Waals surface area contributed by atoms with Crippen LogP contribution in [-0.2, 0) is 4.79 Å². The van der Waals surface area contributed by atoms with Gasteiger partial charge in [0.2, 0.25) is 0 Å². The molecule has 220 valence electrons. The summed E-state index contributed by atoms with van der Waals surface area (Å²) in [7, 11) is 3.13. The van der Waals surface area contributed by atoms with Gasteiger partial charge in [0.25, 0.3) is 11.5 Å². The Labute approximate surface area is 249 Å². The van der Waals surface area contributed by atoms with Crippen molar-refractivity contribution in [3.8, 4) is 35.3 Å². The number of hydrogen-bond donors (Lipinski definition) is 0. The number of hydrogen-bond acceptors (Lipinski definition) is 8. The van der Waals surface area contributed by atoms with Crippen molar-refractivity contribution in [3.63, 3.8) is 0 Å². The van der Waals surface area contributed by atoms with E-state index in [2.05, 4.69) is 5.92 Å². The third-order valence-electron chi connectivity index (χ3n) is 6.91. The van der Waals surface area contributed by atoms with Crippen molar-refractivity contribution in [1.29, 1.82) is 0 Å². The maximum absolute atomic E-state index is 14.1. The Kier molecular flexibility index (Phi) is 9.76. The highest BCUT2D eigenvalue weighted by Gasteiger charge is 2.36. The van der Waals surface area contributed by atoms with Crippen LogP contribution in [0.1, 0.15) is 44.9 Å². The first-order valence-corrected chi connectivity index (χ1v) is 14.5. The molecule has 0 unspecified atom stereocenters. The van der Waals surface area contributed by atoms with Gasteiger partial charge in [0, 0.05) is 18.7 Å². The fourth-order valence-electron chi connectivity index (χ4n) is 4.90. The number of allylic oxidation sites excluding steroid dienone is 1. The van der Waals surface area contributed by atoms with E-state index in [1.807, 2.05) is 26.8 Å². The first kappa shape index (κ1) is 30.5. The van der Waals surface area contributed by atoms with E-state index < -0.39 is 6.04 Å². The Bertz CT molecular complexity index is 1730. The van der Waals surface area contributed by atoms with Gasteiger partial charge in [0.05, 0.1) is 36.6 Å². The Morgan fingerprint density at radius 3 is 2.45 bits per heavy atom. The monoisotopic (exact) mass is 589 g/mol. The SMILES string of the molecule is C#CCOc1ccc(/C=c2/sc3n(c2=O)[C@H](c2cc(OC)ccc2OC)C(C(=O)N(CC)CC)=C(C)N=3)cc1OCC. The van der Waals surface area contributed by atoms with Crippen molar-refractivity contribution in [3.05, 3.63) is 78.5 Å². The average Bonchev–Trinajstić information content (AvgIpc) is 3.30. The van der Waals surface area contributed by atoms with Crippen LogP contribution >= 0.6 is 11.3 Å². The zero-order chi connectivity index (χ0) is 30.4. The van der Waals surface area contributed by atoms with Crippen LogP contribution in [0.4, 0.5) is 0 Å².